The number of halogens is 2. The fraction of sp³-hybridized carbons (Fsp3) is 0.630. The van der Waals surface area contributed by atoms with E-state index >= 15 is 0 Å². The van der Waals surface area contributed by atoms with Crippen LogP contribution in [-0.2, 0) is 0 Å². The standard InChI is InChI=1S/C27H37F2N5O3S/c1-16-9-7-8-12-34(16)26(36)21-22(38-25(33-21)24(35)31-15-27(2,3)37)19-14-30-20(13-18(19)23(28)29)32-17-10-5-4-6-11-17/h13-14,16-17,23,37H,4-12,15H2,1-3H3,(H,30,32)(H,31,35). The number of piperidine rings is 1. The molecule has 11 heteroatoms. The third-order valence-electron chi connectivity index (χ3n) is 7.14. The fourth-order valence-electron chi connectivity index (χ4n) is 5.03. The molecule has 38 heavy (non-hydrogen) atoms. The van der Waals surface area contributed by atoms with Gasteiger partial charge in [0.2, 0.25) is 0 Å². The Balaban J connectivity index is 1.72. The Morgan fingerprint density at radius 3 is 2.55 bits per heavy atom. The number of aromatic nitrogens is 2. The number of nitrogens with one attached hydrogen (secondary N) is 2. The molecule has 2 fully saturated rings. The Kier molecular flexibility index (Phi) is 8.97. The van der Waals surface area contributed by atoms with Gasteiger partial charge in [-0.3, -0.25) is 9.59 Å². The molecule has 1 atom stereocenters. The highest BCUT2D eigenvalue weighted by molar-refractivity contribution is 7.17. The van der Waals surface area contributed by atoms with E-state index in [1.807, 2.05) is 6.92 Å². The maximum absolute atomic E-state index is 14.4. The van der Waals surface area contributed by atoms with Crippen molar-refractivity contribution in [2.45, 2.75) is 96.2 Å². The lowest BCUT2D eigenvalue weighted by atomic mass is 9.95. The molecule has 3 heterocycles. The minimum atomic E-state index is -2.81. The summed E-state index contributed by atoms with van der Waals surface area (Å²) in [6.07, 6.45) is 6.55. The SMILES string of the molecule is CC1CCCCN1C(=O)c1nc(C(=O)NCC(C)(C)O)sc1-c1cnc(NC2CCCCC2)cc1C(F)F. The predicted octanol–water partition coefficient (Wildman–Crippen LogP) is 5.40. The Morgan fingerprint density at radius 1 is 1.18 bits per heavy atom. The molecular weight excluding hydrogens is 512 g/mol. The topological polar surface area (TPSA) is 107 Å². The largest absolute Gasteiger partial charge is 0.389 e. The number of carbonyl (C=O) groups excluding carboxylic acids is 2. The lowest BCUT2D eigenvalue weighted by Crippen LogP contribution is -2.42. The van der Waals surface area contributed by atoms with Crippen molar-refractivity contribution < 1.29 is 23.5 Å². The van der Waals surface area contributed by atoms with Crippen LogP contribution < -0.4 is 10.6 Å². The monoisotopic (exact) mass is 549 g/mol. The van der Waals surface area contributed by atoms with Gasteiger partial charge in [0, 0.05) is 42.5 Å². The smallest absolute Gasteiger partial charge is 0.280 e. The van der Waals surface area contributed by atoms with Crippen molar-refractivity contribution in [1.29, 1.82) is 0 Å². The second-order valence-electron chi connectivity index (χ2n) is 11.0. The van der Waals surface area contributed by atoms with Crippen LogP contribution in [0.25, 0.3) is 10.4 Å². The van der Waals surface area contributed by atoms with E-state index < -0.39 is 17.9 Å². The highest BCUT2D eigenvalue weighted by Crippen LogP contribution is 2.39. The van der Waals surface area contributed by atoms with Crippen LogP contribution >= 0.6 is 11.3 Å². The van der Waals surface area contributed by atoms with E-state index in [1.54, 1.807) is 18.7 Å². The Labute approximate surface area is 226 Å². The minimum Gasteiger partial charge on any atom is -0.389 e. The van der Waals surface area contributed by atoms with Crippen LogP contribution in [-0.4, -0.2) is 62.6 Å². The molecular formula is C27H37F2N5O3S. The van der Waals surface area contributed by atoms with Gasteiger partial charge in [-0.05, 0) is 58.9 Å². The van der Waals surface area contributed by atoms with Gasteiger partial charge >= 0.3 is 0 Å². The number of amides is 2. The molecule has 8 nitrogen and oxygen atoms in total. The van der Waals surface area contributed by atoms with Gasteiger partial charge in [-0.15, -0.1) is 11.3 Å². The highest BCUT2D eigenvalue weighted by Gasteiger charge is 2.32. The van der Waals surface area contributed by atoms with Crippen molar-refractivity contribution in [3.8, 4) is 10.4 Å². The molecule has 1 saturated heterocycles. The minimum absolute atomic E-state index is 0.0196. The van der Waals surface area contributed by atoms with E-state index in [-0.39, 0.29) is 51.2 Å². The number of anilines is 1. The van der Waals surface area contributed by atoms with Gasteiger partial charge < -0.3 is 20.6 Å². The van der Waals surface area contributed by atoms with Gasteiger partial charge in [0.15, 0.2) is 5.01 Å². The van der Waals surface area contributed by atoms with Gasteiger partial charge in [-0.25, -0.2) is 18.7 Å². The van der Waals surface area contributed by atoms with Crippen LogP contribution in [0.2, 0.25) is 0 Å². The Morgan fingerprint density at radius 2 is 1.89 bits per heavy atom. The summed E-state index contributed by atoms with van der Waals surface area (Å²) in [6, 6.07) is 1.52. The van der Waals surface area contributed by atoms with E-state index in [0.717, 1.165) is 56.3 Å². The van der Waals surface area contributed by atoms with Crippen LogP contribution in [0.4, 0.5) is 14.6 Å². The zero-order valence-corrected chi connectivity index (χ0v) is 23.0. The molecule has 1 unspecified atom stereocenters. The molecule has 0 radical (unpaired) electrons. The van der Waals surface area contributed by atoms with E-state index in [2.05, 4.69) is 20.6 Å². The third-order valence-corrected chi connectivity index (χ3v) is 8.23. The number of likely N-dealkylation sites (tertiary alicyclic amines) is 1. The molecule has 2 aliphatic rings. The van der Waals surface area contributed by atoms with Crippen LogP contribution in [0.5, 0.6) is 0 Å². The number of hydrogen-bond acceptors (Lipinski definition) is 7. The van der Waals surface area contributed by atoms with Crippen molar-refractivity contribution in [2.75, 3.05) is 18.4 Å². The molecule has 0 aromatic carbocycles. The number of hydrogen-bond donors (Lipinski definition) is 3. The van der Waals surface area contributed by atoms with E-state index in [9.17, 15) is 23.5 Å². The normalized spacial score (nSPS) is 19.0. The maximum Gasteiger partial charge on any atom is 0.280 e. The maximum atomic E-state index is 14.4. The molecule has 2 amide bonds. The van der Waals surface area contributed by atoms with Gasteiger partial charge in [0.05, 0.1) is 10.5 Å². The van der Waals surface area contributed by atoms with Crippen molar-refractivity contribution >= 4 is 29.0 Å². The third kappa shape index (κ3) is 6.85. The molecule has 3 N–H and O–H groups in total. The second kappa shape index (κ2) is 12.0. The van der Waals surface area contributed by atoms with Crippen LogP contribution in [0.15, 0.2) is 12.3 Å². The molecule has 208 valence electrons. The summed E-state index contributed by atoms with van der Waals surface area (Å²) in [7, 11) is 0. The summed E-state index contributed by atoms with van der Waals surface area (Å²) >= 11 is 0.892. The van der Waals surface area contributed by atoms with E-state index in [0.29, 0.717) is 12.4 Å². The first-order valence-corrected chi connectivity index (χ1v) is 14.2. The molecule has 0 spiro atoms. The lowest BCUT2D eigenvalue weighted by Gasteiger charge is -2.33. The summed E-state index contributed by atoms with van der Waals surface area (Å²) in [5.74, 6) is -0.581. The number of carbonyl (C=O) groups is 2. The molecule has 1 aliphatic carbocycles. The first kappa shape index (κ1) is 28.4. The number of thiazole rings is 1. The summed E-state index contributed by atoms with van der Waals surface area (Å²) < 4.78 is 28.7. The predicted molar refractivity (Wildman–Crippen MR) is 144 cm³/mol. The highest BCUT2D eigenvalue weighted by atomic mass is 32.1. The van der Waals surface area contributed by atoms with Crippen LogP contribution in [0.1, 0.15) is 104 Å². The zero-order chi connectivity index (χ0) is 27.4. The summed E-state index contributed by atoms with van der Waals surface area (Å²) in [6.45, 7) is 5.57. The summed E-state index contributed by atoms with van der Waals surface area (Å²) in [4.78, 5) is 37.2. The van der Waals surface area contributed by atoms with E-state index in [4.69, 9.17) is 0 Å². The Hall–Kier alpha value is -2.66. The fourth-order valence-corrected chi connectivity index (χ4v) is 6.03. The van der Waals surface area contributed by atoms with Crippen LogP contribution in [0.3, 0.4) is 0 Å². The molecule has 2 aromatic heterocycles. The van der Waals surface area contributed by atoms with Crippen LogP contribution in [0, 0.1) is 0 Å². The number of aliphatic hydroxyl groups is 1. The van der Waals surface area contributed by atoms with Gasteiger partial charge in [0.1, 0.15) is 11.5 Å². The average molecular weight is 550 g/mol. The number of rotatable bonds is 8. The van der Waals surface area contributed by atoms with Gasteiger partial charge in [0.25, 0.3) is 18.2 Å². The number of nitrogens with zero attached hydrogens (tertiary/aromatic N) is 3. The summed E-state index contributed by atoms with van der Waals surface area (Å²) in [5.41, 5.74) is -1.33. The number of alkyl halides is 2. The van der Waals surface area contributed by atoms with Gasteiger partial charge in [-0.1, -0.05) is 19.3 Å². The molecule has 1 aliphatic heterocycles. The first-order chi connectivity index (χ1) is 18.0. The lowest BCUT2D eigenvalue weighted by molar-refractivity contribution is 0.0630. The molecule has 2 aromatic rings. The second-order valence-corrected chi connectivity index (χ2v) is 12.0. The average Bonchev–Trinajstić information content (AvgIpc) is 3.33. The van der Waals surface area contributed by atoms with Crippen molar-refractivity contribution in [3.63, 3.8) is 0 Å². The zero-order valence-electron chi connectivity index (χ0n) is 22.2. The summed E-state index contributed by atoms with van der Waals surface area (Å²) in [5, 5.41) is 15.9. The van der Waals surface area contributed by atoms with Crippen molar-refractivity contribution in [3.05, 3.63) is 28.5 Å². The molecule has 1 saturated carbocycles. The molecule has 4 rings (SSSR count). The quantitative estimate of drug-likeness (QED) is 0.407. The number of pyridine rings is 1. The first-order valence-electron chi connectivity index (χ1n) is 13.4. The Bertz CT molecular complexity index is 1140. The van der Waals surface area contributed by atoms with Crippen molar-refractivity contribution in [2.24, 2.45) is 0 Å². The van der Waals surface area contributed by atoms with E-state index in [1.165, 1.54) is 18.7 Å². The van der Waals surface area contributed by atoms with Gasteiger partial charge in [-0.2, -0.15) is 0 Å². The molecule has 0 bridgehead atoms. The van der Waals surface area contributed by atoms with Crippen molar-refractivity contribution in [1.82, 2.24) is 20.2 Å².